The van der Waals surface area contributed by atoms with Gasteiger partial charge in [0.1, 0.15) is 0 Å². The number of likely N-dealkylation sites (N-methyl/N-ethyl adjacent to an activating group) is 1. The second kappa shape index (κ2) is 5.34. The Kier molecular flexibility index (Phi) is 3.54. The minimum atomic E-state index is -0.379. The molecule has 7 heteroatoms. The van der Waals surface area contributed by atoms with E-state index in [1.807, 2.05) is 7.05 Å². The minimum absolute atomic E-state index is 0.0982. The first kappa shape index (κ1) is 13.3. The highest BCUT2D eigenvalue weighted by atomic mass is 32.1. The quantitative estimate of drug-likeness (QED) is 0.694. The van der Waals surface area contributed by atoms with Crippen LogP contribution in [0.25, 0.3) is 10.2 Å². The number of nitrogens with one attached hydrogen (secondary N) is 1. The fraction of sp³-hybridized carbons (Fsp3) is 0.462. The van der Waals surface area contributed by atoms with Crippen LogP contribution in [-0.2, 0) is 0 Å². The fourth-order valence-electron chi connectivity index (χ4n) is 2.54. The molecule has 1 aliphatic rings. The largest absolute Gasteiger partial charge is 0.347 e. The average molecular weight is 292 g/mol. The zero-order valence-corrected chi connectivity index (χ0v) is 12.0. The lowest BCUT2D eigenvalue weighted by Crippen LogP contribution is -2.44. The number of nitro groups is 1. The predicted molar refractivity (Wildman–Crippen MR) is 80.6 cm³/mol. The third-order valence-electron chi connectivity index (χ3n) is 3.67. The number of nitro benzene ring substituents is 1. The summed E-state index contributed by atoms with van der Waals surface area (Å²) in [5, 5.41) is 15.1. The molecule has 0 unspecified atom stereocenters. The standard InChI is InChI=1S/C13H16N4O2S/c1-14-9-3-2-6-16(8-9)13-15-11-7-10(17(18)19)4-5-12(11)20-13/h4-5,7,9,14H,2-3,6,8H2,1H3/t9-/m1/s1. The zero-order chi connectivity index (χ0) is 14.1. The van der Waals surface area contributed by atoms with Crippen LogP contribution in [0, 0.1) is 10.1 Å². The number of nitrogens with zero attached hydrogens (tertiary/aromatic N) is 3. The van der Waals surface area contributed by atoms with Crippen molar-refractivity contribution in [2.75, 3.05) is 25.0 Å². The van der Waals surface area contributed by atoms with Gasteiger partial charge in [0.2, 0.25) is 0 Å². The number of hydrogen-bond acceptors (Lipinski definition) is 6. The van der Waals surface area contributed by atoms with E-state index in [2.05, 4.69) is 15.2 Å². The highest BCUT2D eigenvalue weighted by Crippen LogP contribution is 2.32. The smallest absolute Gasteiger partial charge is 0.271 e. The van der Waals surface area contributed by atoms with Crippen LogP contribution in [0.3, 0.4) is 0 Å². The molecule has 1 aliphatic heterocycles. The average Bonchev–Trinajstić information content (AvgIpc) is 2.90. The van der Waals surface area contributed by atoms with E-state index in [4.69, 9.17) is 0 Å². The van der Waals surface area contributed by atoms with Crippen LogP contribution in [-0.4, -0.2) is 36.1 Å². The Hall–Kier alpha value is -1.73. The third-order valence-corrected chi connectivity index (χ3v) is 4.77. The zero-order valence-electron chi connectivity index (χ0n) is 11.2. The lowest BCUT2D eigenvalue weighted by Gasteiger charge is -2.32. The number of thiazole rings is 1. The number of anilines is 1. The number of aromatic nitrogens is 1. The molecular weight excluding hydrogens is 276 g/mol. The number of rotatable bonds is 3. The number of fused-ring (bicyclic) bond motifs is 1. The van der Waals surface area contributed by atoms with Crippen molar-refractivity contribution >= 4 is 32.4 Å². The van der Waals surface area contributed by atoms with Crippen LogP contribution in [0.4, 0.5) is 10.8 Å². The molecule has 2 heterocycles. The molecule has 3 rings (SSSR count). The molecule has 1 N–H and O–H groups in total. The van der Waals surface area contributed by atoms with Gasteiger partial charge in [-0.1, -0.05) is 11.3 Å². The van der Waals surface area contributed by atoms with E-state index in [1.165, 1.54) is 12.5 Å². The summed E-state index contributed by atoms with van der Waals surface area (Å²) in [5.74, 6) is 0. The van der Waals surface area contributed by atoms with Gasteiger partial charge in [-0.25, -0.2) is 4.98 Å². The Morgan fingerprint density at radius 2 is 2.40 bits per heavy atom. The van der Waals surface area contributed by atoms with Crippen molar-refractivity contribution < 1.29 is 4.92 Å². The first-order valence-electron chi connectivity index (χ1n) is 6.64. The monoisotopic (exact) mass is 292 g/mol. The molecule has 0 amide bonds. The van der Waals surface area contributed by atoms with Gasteiger partial charge in [-0.15, -0.1) is 0 Å². The lowest BCUT2D eigenvalue weighted by atomic mass is 10.1. The Morgan fingerprint density at radius 1 is 1.55 bits per heavy atom. The lowest BCUT2D eigenvalue weighted by molar-refractivity contribution is -0.384. The summed E-state index contributed by atoms with van der Waals surface area (Å²) in [6.07, 6.45) is 2.32. The molecule has 1 fully saturated rings. The summed E-state index contributed by atoms with van der Waals surface area (Å²) < 4.78 is 0.997. The van der Waals surface area contributed by atoms with Crippen molar-refractivity contribution in [2.24, 2.45) is 0 Å². The molecule has 2 aromatic rings. The number of non-ortho nitro benzene ring substituents is 1. The van der Waals surface area contributed by atoms with Crippen molar-refractivity contribution in [2.45, 2.75) is 18.9 Å². The summed E-state index contributed by atoms with van der Waals surface area (Å²) in [7, 11) is 1.98. The first-order valence-corrected chi connectivity index (χ1v) is 7.46. The van der Waals surface area contributed by atoms with Gasteiger partial charge < -0.3 is 10.2 Å². The third kappa shape index (κ3) is 2.46. The fourth-order valence-corrected chi connectivity index (χ4v) is 3.52. The molecule has 0 radical (unpaired) electrons. The van der Waals surface area contributed by atoms with Gasteiger partial charge >= 0.3 is 0 Å². The normalized spacial score (nSPS) is 19.4. The Morgan fingerprint density at radius 3 is 3.15 bits per heavy atom. The van der Waals surface area contributed by atoms with Gasteiger partial charge in [0.05, 0.1) is 15.1 Å². The molecule has 106 valence electrons. The van der Waals surface area contributed by atoms with Gasteiger partial charge in [0.15, 0.2) is 5.13 Å². The summed E-state index contributed by atoms with van der Waals surface area (Å²) in [4.78, 5) is 17.2. The molecule has 6 nitrogen and oxygen atoms in total. The van der Waals surface area contributed by atoms with Crippen molar-refractivity contribution in [3.8, 4) is 0 Å². The van der Waals surface area contributed by atoms with Crippen LogP contribution >= 0.6 is 11.3 Å². The molecule has 0 saturated carbocycles. The van der Waals surface area contributed by atoms with Crippen LogP contribution in [0.2, 0.25) is 0 Å². The van der Waals surface area contributed by atoms with Crippen molar-refractivity contribution in [3.63, 3.8) is 0 Å². The molecule has 1 saturated heterocycles. The van der Waals surface area contributed by atoms with Gasteiger partial charge in [-0.05, 0) is 26.0 Å². The van der Waals surface area contributed by atoms with Crippen LogP contribution in [0.1, 0.15) is 12.8 Å². The van der Waals surface area contributed by atoms with Crippen LogP contribution in [0.5, 0.6) is 0 Å². The van der Waals surface area contributed by atoms with Gasteiger partial charge in [-0.2, -0.15) is 0 Å². The Bertz CT molecular complexity index is 642. The number of benzene rings is 1. The van der Waals surface area contributed by atoms with Gasteiger partial charge in [-0.3, -0.25) is 10.1 Å². The van der Waals surface area contributed by atoms with E-state index < -0.39 is 0 Å². The Balaban J connectivity index is 1.90. The maximum absolute atomic E-state index is 10.8. The van der Waals surface area contributed by atoms with E-state index in [0.29, 0.717) is 11.6 Å². The summed E-state index contributed by atoms with van der Waals surface area (Å²) in [5.41, 5.74) is 0.812. The van der Waals surface area contributed by atoms with Crippen molar-refractivity contribution in [1.29, 1.82) is 0 Å². The van der Waals surface area contributed by atoms with E-state index in [9.17, 15) is 10.1 Å². The molecule has 1 aromatic carbocycles. The summed E-state index contributed by atoms with van der Waals surface area (Å²) >= 11 is 1.60. The maximum atomic E-state index is 10.8. The van der Waals surface area contributed by atoms with Crippen molar-refractivity contribution in [3.05, 3.63) is 28.3 Å². The Labute approximate surface area is 120 Å². The summed E-state index contributed by atoms with van der Waals surface area (Å²) in [6, 6.07) is 5.37. The number of hydrogen-bond donors (Lipinski definition) is 1. The van der Waals surface area contributed by atoms with Gasteiger partial charge in [0.25, 0.3) is 5.69 Å². The van der Waals surface area contributed by atoms with Crippen LogP contribution in [0.15, 0.2) is 18.2 Å². The van der Waals surface area contributed by atoms with Crippen molar-refractivity contribution in [1.82, 2.24) is 10.3 Å². The molecular formula is C13H16N4O2S. The summed E-state index contributed by atoms with van der Waals surface area (Å²) in [6.45, 7) is 1.94. The minimum Gasteiger partial charge on any atom is -0.347 e. The first-order chi connectivity index (χ1) is 9.67. The van der Waals surface area contributed by atoms with Crippen LogP contribution < -0.4 is 10.2 Å². The second-order valence-corrected chi connectivity index (χ2v) is 5.99. The van der Waals surface area contributed by atoms with Gasteiger partial charge in [0, 0.05) is 31.3 Å². The highest BCUT2D eigenvalue weighted by Gasteiger charge is 2.21. The highest BCUT2D eigenvalue weighted by molar-refractivity contribution is 7.22. The molecule has 1 aromatic heterocycles. The molecule has 0 spiro atoms. The van der Waals surface area contributed by atoms with E-state index >= 15 is 0 Å². The maximum Gasteiger partial charge on any atom is 0.271 e. The number of piperidine rings is 1. The second-order valence-electron chi connectivity index (χ2n) is 4.98. The molecule has 1 atom stereocenters. The molecule has 20 heavy (non-hydrogen) atoms. The van der Waals surface area contributed by atoms with E-state index in [0.717, 1.165) is 29.3 Å². The van der Waals surface area contributed by atoms with E-state index in [-0.39, 0.29) is 10.6 Å². The van der Waals surface area contributed by atoms with E-state index in [1.54, 1.807) is 23.5 Å². The SMILES string of the molecule is CN[C@@H]1CCCN(c2nc3cc([N+](=O)[O-])ccc3s2)C1. The topological polar surface area (TPSA) is 71.3 Å². The molecule has 0 bridgehead atoms. The predicted octanol–water partition coefficient (Wildman–Crippen LogP) is 2.39. The molecule has 0 aliphatic carbocycles.